The predicted molar refractivity (Wildman–Crippen MR) is 111 cm³/mol. The molecule has 1 aliphatic rings. The minimum atomic E-state index is -0.755. The third-order valence-electron chi connectivity index (χ3n) is 4.72. The van der Waals surface area contributed by atoms with Gasteiger partial charge in [0.15, 0.2) is 5.79 Å². The first-order valence-corrected chi connectivity index (χ1v) is 9.27. The Balaban J connectivity index is 1.73. The van der Waals surface area contributed by atoms with E-state index in [9.17, 15) is 0 Å². The number of hydrogen-bond acceptors (Lipinski definition) is 4. The maximum absolute atomic E-state index is 6.61. The number of rotatable bonds is 6. The molecule has 27 heavy (non-hydrogen) atoms. The highest BCUT2D eigenvalue weighted by Gasteiger charge is 2.29. The number of allylic oxidation sites excluding steroid dienone is 1. The fourth-order valence-corrected chi connectivity index (χ4v) is 3.34. The van der Waals surface area contributed by atoms with Crippen molar-refractivity contribution in [1.82, 2.24) is 10.6 Å². The second kappa shape index (κ2) is 8.27. The topological polar surface area (TPSA) is 71.7 Å². The Hall–Kier alpha value is -2.79. The fraction of sp³-hybridized carbons (Fsp3) is 0.318. The van der Waals surface area contributed by atoms with Crippen LogP contribution in [0.1, 0.15) is 37.4 Å². The molecular weight excluding hydrogens is 336 g/mol. The smallest absolute Gasteiger partial charge is 0.162 e. The van der Waals surface area contributed by atoms with E-state index in [1.54, 1.807) is 7.11 Å². The molecule has 4 N–H and O–H groups in total. The van der Waals surface area contributed by atoms with Crippen LogP contribution in [0.2, 0.25) is 0 Å². The van der Waals surface area contributed by atoms with Crippen molar-refractivity contribution in [2.75, 3.05) is 7.11 Å². The highest BCUT2D eigenvalue weighted by molar-refractivity contribution is 5.95. The van der Waals surface area contributed by atoms with Crippen LogP contribution in [-0.2, 0) is 6.42 Å². The number of benzene rings is 2. The molecule has 142 valence electrons. The van der Waals surface area contributed by atoms with E-state index in [4.69, 9.17) is 15.5 Å². The molecule has 3 rings (SSSR count). The van der Waals surface area contributed by atoms with Gasteiger partial charge in [-0.15, -0.1) is 0 Å². The van der Waals surface area contributed by atoms with Gasteiger partial charge in [0.2, 0.25) is 0 Å². The quantitative estimate of drug-likeness (QED) is 0.734. The molecule has 0 fully saturated rings. The molecule has 2 aromatic rings. The molecule has 0 aromatic heterocycles. The number of nitrogens with one attached hydrogen (secondary N) is 2. The van der Waals surface area contributed by atoms with Crippen molar-refractivity contribution in [3.05, 3.63) is 77.5 Å². The Bertz CT molecular complexity index is 831. The lowest BCUT2D eigenvalue weighted by Gasteiger charge is -2.37. The van der Waals surface area contributed by atoms with E-state index in [2.05, 4.69) is 35.8 Å². The van der Waals surface area contributed by atoms with Crippen molar-refractivity contribution in [3.8, 4) is 5.75 Å². The zero-order valence-electron chi connectivity index (χ0n) is 16.2. The van der Waals surface area contributed by atoms with Crippen LogP contribution in [0, 0.1) is 0 Å². The van der Waals surface area contributed by atoms with Crippen molar-refractivity contribution in [2.24, 2.45) is 10.7 Å². The molecule has 5 nitrogen and oxygen atoms in total. The lowest BCUT2D eigenvalue weighted by molar-refractivity contribution is 0.304. The van der Waals surface area contributed by atoms with Crippen LogP contribution in [0.4, 0.5) is 0 Å². The van der Waals surface area contributed by atoms with Crippen LogP contribution in [0.5, 0.6) is 5.75 Å². The SMILES string of the molecule is COc1ccccc1CCC1(N)NC(C)=CC(=N[C@@H](C)c2ccccc2)N1. The van der Waals surface area contributed by atoms with Crippen LogP contribution >= 0.6 is 0 Å². The van der Waals surface area contributed by atoms with Crippen LogP contribution in [0.25, 0.3) is 0 Å². The van der Waals surface area contributed by atoms with Crippen molar-refractivity contribution in [2.45, 2.75) is 38.5 Å². The van der Waals surface area contributed by atoms with Gasteiger partial charge in [-0.1, -0.05) is 48.5 Å². The maximum atomic E-state index is 6.61. The summed E-state index contributed by atoms with van der Waals surface area (Å²) < 4.78 is 5.45. The molecule has 1 unspecified atom stereocenters. The Labute approximate surface area is 161 Å². The first-order valence-electron chi connectivity index (χ1n) is 9.27. The highest BCUT2D eigenvalue weighted by atomic mass is 16.5. The van der Waals surface area contributed by atoms with Gasteiger partial charge in [0, 0.05) is 12.1 Å². The van der Waals surface area contributed by atoms with Crippen LogP contribution in [-0.4, -0.2) is 18.7 Å². The number of amidine groups is 1. The monoisotopic (exact) mass is 364 g/mol. The van der Waals surface area contributed by atoms with Gasteiger partial charge >= 0.3 is 0 Å². The number of para-hydroxylation sites is 1. The highest BCUT2D eigenvalue weighted by Crippen LogP contribution is 2.22. The lowest BCUT2D eigenvalue weighted by atomic mass is 10.0. The van der Waals surface area contributed by atoms with Gasteiger partial charge in [0.1, 0.15) is 11.6 Å². The Morgan fingerprint density at radius 2 is 1.78 bits per heavy atom. The second-order valence-electron chi connectivity index (χ2n) is 6.96. The Kier molecular flexibility index (Phi) is 5.81. The summed E-state index contributed by atoms with van der Waals surface area (Å²) in [5.41, 5.74) is 9.91. The van der Waals surface area contributed by atoms with Crippen LogP contribution in [0.3, 0.4) is 0 Å². The first kappa shape index (κ1) is 19.0. The molecule has 0 amide bonds. The predicted octanol–water partition coefficient (Wildman–Crippen LogP) is 3.50. The summed E-state index contributed by atoms with van der Waals surface area (Å²) in [4.78, 5) is 4.83. The van der Waals surface area contributed by atoms with E-state index < -0.39 is 5.79 Å². The standard InChI is InChI=1S/C22H28N4O/c1-16-15-21(24-17(2)18-9-5-4-6-10-18)26-22(23,25-16)14-13-19-11-7-8-12-20(19)27-3/h4-12,15,17,25H,13-14,23H2,1-3H3,(H,24,26)/t17-,22?/m0/s1. The Morgan fingerprint density at radius 3 is 2.52 bits per heavy atom. The first-order chi connectivity index (χ1) is 13.0. The molecule has 2 aromatic carbocycles. The summed E-state index contributed by atoms with van der Waals surface area (Å²) in [6.45, 7) is 4.09. The average molecular weight is 364 g/mol. The van der Waals surface area contributed by atoms with Crippen LogP contribution in [0.15, 0.2) is 71.4 Å². The fourth-order valence-electron chi connectivity index (χ4n) is 3.34. The molecule has 0 saturated heterocycles. The third kappa shape index (κ3) is 4.89. The number of nitrogens with two attached hydrogens (primary N) is 1. The zero-order valence-corrected chi connectivity index (χ0v) is 16.2. The van der Waals surface area contributed by atoms with E-state index in [0.29, 0.717) is 6.42 Å². The van der Waals surface area contributed by atoms with E-state index in [-0.39, 0.29) is 6.04 Å². The van der Waals surface area contributed by atoms with Gasteiger partial charge in [0.05, 0.1) is 13.2 Å². The molecule has 2 atom stereocenters. The summed E-state index contributed by atoms with van der Waals surface area (Å²) in [6, 6.07) is 18.3. The van der Waals surface area contributed by atoms with Gasteiger partial charge in [-0.3, -0.25) is 10.7 Å². The minimum absolute atomic E-state index is 0.0503. The molecule has 0 radical (unpaired) electrons. The van der Waals surface area contributed by atoms with E-state index >= 15 is 0 Å². The number of aryl methyl sites for hydroxylation is 1. The summed E-state index contributed by atoms with van der Waals surface area (Å²) in [7, 11) is 1.69. The number of hydrogen-bond donors (Lipinski definition) is 3. The second-order valence-corrected chi connectivity index (χ2v) is 6.96. The van der Waals surface area contributed by atoms with E-state index in [0.717, 1.165) is 29.3 Å². The molecule has 0 saturated carbocycles. The molecule has 0 spiro atoms. The van der Waals surface area contributed by atoms with Gasteiger partial charge in [-0.25, -0.2) is 0 Å². The number of ether oxygens (including phenoxy) is 1. The summed E-state index contributed by atoms with van der Waals surface area (Å²) in [6.07, 6.45) is 3.47. The molecular formula is C22H28N4O. The van der Waals surface area contributed by atoms with Gasteiger partial charge in [-0.05, 0) is 43.5 Å². The molecule has 1 heterocycles. The summed E-state index contributed by atoms with van der Waals surface area (Å²) in [5.74, 6) is 0.926. The lowest BCUT2D eigenvalue weighted by Crippen LogP contribution is -2.67. The third-order valence-corrected chi connectivity index (χ3v) is 4.72. The Morgan fingerprint density at radius 1 is 1.07 bits per heavy atom. The summed E-state index contributed by atoms with van der Waals surface area (Å²) in [5, 5.41) is 6.72. The summed E-state index contributed by atoms with van der Waals surface area (Å²) >= 11 is 0. The largest absolute Gasteiger partial charge is 0.496 e. The maximum Gasteiger partial charge on any atom is 0.162 e. The molecule has 1 aliphatic heterocycles. The van der Waals surface area contributed by atoms with Gasteiger partial charge in [0.25, 0.3) is 0 Å². The number of aliphatic imine (C=N–C) groups is 1. The number of nitrogens with zero attached hydrogens (tertiary/aromatic N) is 1. The van der Waals surface area contributed by atoms with Crippen LogP contribution < -0.4 is 21.1 Å². The van der Waals surface area contributed by atoms with E-state index in [1.165, 1.54) is 5.56 Å². The molecule has 0 aliphatic carbocycles. The van der Waals surface area contributed by atoms with Gasteiger partial charge < -0.3 is 15.4 Å². The van der Waals surface area contributed by atoms with Crippen molar-refractivity contribution in [3.63, 3.8) is 0 Å². The zero-order chi connectivity index (χ0) is 19.3. The van der Waals surface area contributed by atoms with Crippen molar-refractivity contribution in [1.29, 1.82) is 0 Å². The average Bonchev–Trinajstić information content (AvgIpc) is 2.66. The minimum Gasteiger partial charge on any atom is -0.496 e. The van der Waals surface area contributed by atoms with E-state index in [1.807, 2.05) is 49.4 Å². The van der Waals surface area contributed by atoms with Crippen molar-refractivity contribution >= 4 is 5.84 Å². The number of methoxy groups -OCH3 is 1. The normalized spacial score (nSPS) is 21.8. The molecule has 0 bridgehead atoms. The molecule has 5 heteroatoms. The van der Waals surface area contributed by atoms with Gasteiger partial charge in [-0.2, -0.15) is 0 Å². The van der Waals surface area contributed by atoms with Crippen molar-refractivity contribution < 1.29 is 4.74 Å².